The van der Waals surface area contributed by atoms with Gasteiger partial charge in [0.25, 0.3) is 0 Å². The molecule has 0 aliphatic heterocycles. The lowest BCUT2D eigenvalue weighted by Crippen LogP contribution is -1.97. The number of hydrogen-bond donors (Lipinski definition) is 0. The summed E-state index contributed by atoms with van der Waals surface area (Å²) in [5, 5.41) is 0. The van der Waals surface area contributed by atoms with Gasteiger partial charge in [0.05, 0.1) is 0 Å². The Morgan fingerprint density at radius 1 is 1.47 bits per heavy atom. The van der Waals surface area contributed by atoms with Gasteiger partial charge in [0, 0.05) is 4.48 Å². The minimum absolute atomic E-state index is 0.150. The number of hydrogen-bond acceptors (Lipinski definition) is 0. The summed E-state index contributed by atoms with van der Waals surface area (Å²) in [6.45, 7) is 4.33. The van der Waals surface area contributed by atoms with Crippen LogP contribution < -0.4 is 0 Å². The molecule has 0 N–H and O–H groups in total. The van der Waals surface area contributed by atoms with E-state index in [4.69, 9.17) is 0 Å². The maximum atomic E-state index is 13.4. The van der Waals surface area contributed by atoms with Crippen molar-refractivity contribution in [1.82, 2.24) is 0 Å². The summed E-state index contributed by atoms with van der Waals surface area (Å²) in [5.74, 6) is -0.150. The quantitative estimate of drug-likeness (QED) is 0.660. The monoisotopic (exact) mass is 270 g/mol. The molecule has 2 aliphatic rings. The van der Waals surface area contributed by atoms with Gasteiger partial charge in [-0.1, -0.05) is 18.6 Å². The summed E-state index contributed by atoms with van der Waals surface area (Å²) in [7, 11) is 0. The van der Waals surface area contributed by atoms with Crippen molar-refractivity contribution in [3.05, 3.63) is 33.6 Å². The first-order chi connectivity index (χ1) is 7.00. The van der Waals surface area contributed by atoms with Crippen LogP contribution in [0.3, 0.4) is 0 Å². The van der Waals surface area contributed by atoms with E-state index in [1.807, 2.05) is 13.0 Å². The molecule has 0 aromatic heterocycles. The molecule has 0 saturated heterocycles. The molecule has 2 aliphatic carbocycles. The molecule has 0 aromatic carbocycles. The van der Waals surface area contributed by atoms with Gasteiger partial charge in [0.15, 0.2) is 0 Å². The van der Waals surface area contributed by atoms with E-state index in [2.05, 4.69) is 22.9 Å². The van der Waals surface area contributed by atoms with Crippen molar-refractivity contribution >= 4 is 15.9 Å². The van der Waals surface area contributed by atoms with Crippen molar-refractivity contribution in [1.29, 1.82) is 0 Å². The second-order valence-electron chi connectivity index (χ2n) is 5.02. The Balaban J connectivity index is 2.20. The van der Waals surface area contributed by atoms with Crippen LogP contribution >= 0.6 is 15.9 Å². The van der Waals surface area contributed by atoms with Crippen LogP contribution in [0, 0.1) is 5.41 Å². The Bertz CT molecular complexity index is 370. The van der Waals surface area contributed by atoms with Crippen molar-refractivity contribution in [2.24, 2.45) is 5.41 Å². The SMILES string of the molecule is CC1=C(CC2(C)CC2)CC=C(Br)C(F)=C1. The van der Waals surface area contributed by atoms with Gasteiger partial charge in [-0.25, -0.2) is 4.39 Å². The van der Waals surface area contributed by atoms with Gasteiger partial charge in [-0.05, 0) is 65.6 Å². The molecule has 0 bridgehead atoms. The molecular formula is C13H16BrF. The van der Waals surface area contributed by atoms with E-state index in [9.17, 15) is 4.39 Å². The van der Waals surface area contributed by atoms with Crippen LogP contribution in [0.4, 0.5) is 4.39 Å². The molecule has 1 fully saturated rings. The van der Waals surface area contributed by atoms with Gasteiger partial charge in [0.1, 0.15) is 5.83 Å². The fourth-order valence-corrected chi connectivity index (χ4v) is 2.23. The number of allylic oxidation sites excluding steroid dienone is 6. The van der Waals surface area contributed by atoms with Gasteiger partial charge in [-0.15, -0.1) is 0 Å². The average Bonchev–Trinajstić information content (AvgIpc) is 2.90. The lowest BCUT2D eigenvalue weighted by atomic mass is 9.93. The molecule has 0 nitrogen and oxygen atoms in total. The van der Waals surface area contributed by atoms with Crippen molar-refractivity contribution in [3.8, 4) is 0 Å². The number of halogens is 2. The molecule has 1 saturated carbocycles. The second kappa shape index (κ2) is 3.89. The number of rotatable bonds is 2. The summed E-state index contributed by atoms with van der Waals surface area (Å²) in [5.41, 5.74) is 3.00. The Labute approximate surface area is 99.1 Å². The van der Waals surface area contributed by atoms with Crippen molar-refractivity contribution in [3.63, 3.8) is 0 Å². The highest BCUT2D eigenvalue weighted by Gasteiger charge is 2.37. The Morgan fingerprint density at radius 2 is 2.13 bits per heavy atom. The summed E-state index contributed by atoms with van der Waals surface area (Å²) < 4.78 is 14.0. The van der Waals surface area contributed by atoms with E-state index in [0.29, 0.717) is 9.90 Å². The maximum absolute atomic E-state index is 13.4. The van der Waals surface area contributed by atoms with Crippen LogP contribution in [-0.4, -0.2) is 0 Å². The fourth-order valence-electron chi connectivity index (χ4n) is 1.95. The normalized spacial score (nSPS) is 24.5. The van der Waals surface area contributed by atoms with Crippen LogP contribution in [0.15, 0.2) is 33.6 Å². The highest BCUT2D eigenvalue weighted by molar-refractivity contribution is 9.11. The zero-order chi connectivity index (χ0) is 11.1. The highest BCUT2D eigenvalue weighted by Crippen LogP contribution is 2.51. The van der Waals surface area contributed by atoms with Gasteiger partial charge in [-0.3, -0.25) is 0 Å². The molecule has 0 amide bonds. The van der Waals surface area contributed by atoms with Crippen LogP contribution in [0.1, 0.15) is 39.5 Å². The summed E-state index contributed by atoms with van der Waals surface area (Å²) in [6.07, 6.45) is 8.23. The predicted molar refractivity (Wildman–Crippen MR) is 65.5 cm³/mol. The van der Waals surface area contributed by atoms with E-state index in [1.54, 1.807) is 6.08 Å². The third-order valence-corrected chi connectivity index (χ3v) is 4.10. The molecule has 0 spiro atoms. The Kier molecular flexibility index (Phi) is 2.89. The molecule has 15 heavy (non-hydrogen) atoms. The Hall–Kier alpha value is -0.370. The molecule has 2 rings (SSSR count). The van der Waals surface area contributed by atoms with E-state index < -0.39 is 0 Å². The minimum atomic E-state index is -0.150. The second-order valence-corrected chi connectivity index (χ2v) is 5.88. The van der Waals surface area contributed by atoms with Gasteiger partial charge < -0.3 is 0 Å². The minimum Gasteiger partial charge on any atom is -0.206 e. The van der Waals surface area contributed by atoms with Crippen LogP contribution in [0.25, 0.3) is 0 Å². The lowest BCUT2D eigenvalue weighted by molar-refractivity contribution is 0.559. The Morgan fingerprint density at radius 3 is 2.73 bits per heavy atom. The van der Waals surface area contributed by atoms with E-state index >= 15 is 0 Å². The fraction of sp³-hybridized carbons (Fsp3) is 0.538. The largest absolute Gasteiger partial charge is 0.206 e. The van der Waals surface area contributed by atoms with E-state index in [0.717, 1.165) is 18.4 Å². The molecule has 82 valence electrons. The summed E-state index contributed by atoms with van der Waals surface area (Å²) in [6, 6.07) is 0. The van der Waals surface area contributed by atoms with Gasteiger partial charge >= 0.3 is 0 Å². The first-order valence-corrected chi connectivity index (χ1v) is 6.21. The molecule has 2 heteroatoms. The summed E-state index contributed by atoms with van der Waals surface area (Å²) >= 11 is 3.25. The topological polar surface area (TPSA) is 0 Å². The van der Waals surface area contributed by atoms with Crippen molar-refractivity contribution in [2.45, 2.75) is 39.5 Å². The van der Waals surface area contributed by atoms with Crippen LogP contribution in [-0.2, 0) is 0 Å². The van der Waals surface area contributed by atoms with Gasteiger partial charge in [0.2, 0.25) is 0 Å². The zero-order valence-corrected chi connectivity index (χ0v) is 10.8. The molecule has 0 radical (unpaired) electrons. The van der Waals surface area contributed by atoms with Crippen molar-refractivity contribution in [2.75, 3.05) is 0 Å². The molecule has 0 aromatic rings. The predicted octanol–water partition coefficient (Wildman–Crippen LogP) is 5.03. The van der Waals surface area contributed by atoms with Gasteiger partial charge in [-0.2, -0.15) is 0 Å². The molecule has 0 heterocycles. The van der Waals surface area contributed by atoms with Crippen LogP contribution in [0.5, 0.6) is 0 Å². The first kappa shape index (κ1) is 11.1. The van der Waals surface area contributed by atoms with Crippen molar-refractivity contribution < 1.29 is 4.39 Å². The van der Waals surface area contributed by atoms with Crippen LogP contribution in [0.2, 0.25) is 0 Å². The third-order valence-electron chi connectivity index (χ3n) is 3.40. The van der Waals surface area contributed by atoms with E-state index in [1.165, 1.54) is 18.4 Å². The maximum Gasteiger partial charge on any atom is 0.137 e. The first-order valence-electron chi connectivity index (χ1n) is 5.42. The lowest BCUT2D eigenvalue weighted by Gasteiger charge is -2.12. The third kappa shape index (κ3) is 2.60. The molecule has 0 atom stereocenters. The highest BCUT2D eigenvalue weighted by atomic mass is 79.9. The molecular weight excluding hydrogens is 255 g/mol. The molecule has 0 unspecified atom stereocenters. The zero-order valence-electron chi connectivity index (χ0n) is 9.24. The van der Waals surface area contributed by atoms with E-state index in [-0.39, 0.29) is 5.83 Å². The summed E-state index contributed by atoms with van der Waals surface area (Å²) in [4.78, 5) is 0. The standard InChI is InChI=1S/C13H16BrF/c1-9-7-12(15)11(14)4-3-10(9)8-13(2)5-6-13/h4,7H,3,5-6,8H2,1-2H3. The smallest absolute Gasteiger partial charge is 0.137 e. The average molecular weight is 271 g/mol.